The fourth-order valence-corrected chi connectivity index (χ4v) is 8.73. The van der Waals surface area contributed by atoms with Gasteiger partial charge in [-0.15, -0.1) is 22.7 Å². The van der Waals surface area contributed by atoms with Crippen molar-refractivity contribution in [3.05, 3.63) is 49.1 Å². The predicted octanol–water partition coefficient (Wildman–Crippen LogP) is 3.18. The van der Waals surface area contributed by atoms with E-state index < -0.39 is 16.1 Å². The van der Waals surface area contributed by atoms with Crippen molar-refractivity contribution >= 4 is 68.1 Å². The Morgan fingerprint density at radius 1 is 1.14 bits per heavy atom. The number of sulfonamides is 1. The van der Waals surface area contributed by atoms with E-state index in [-0.39, 0.29) is 36.3 Å². The maximum atomic E-state index is 13.4. The van der Waals surface area contributed by atoms with Gasteiger partial charge in [-0.25, -0.2) is 8.42 Å². The van der Waals surface area contributed by atoms with Crippen LogP contribution in [0.4, 0.5) is 0 Å². The summed E-state index contributed by atoms with van der Waals surface area (Å²) in [5, 5.41) is 2.95. The molecule has 3 aliphatic rings. The van der Waals surface area contributed by atoms with Crippen molar-refractivity contribution in [2.24, 2.45) is 0 Å². The molecule has 3 aliphatic heterocycles. The van der Waals surface area contributed by atoms with Crippen molar-refractivity contribution in [3.8, 4) is 0 Å². The summed E-state index contributed by atoms with van der Waals surface area (Å²) < 4.78 is 28.3. The first-order valence-corrected chi connectivity index (χ1v) is 17.8. The molecule has 3 amide bonds. The number of piperidine rings is 1. The molecule has 0 spiro atoms. The standard InChI is InChI=1S/C28H36ClN5O5S3/c1-31(28(37)24-7-4-15-40-24)20-10-14-32(17-20)18-21-5-2-13-34(21)26(35)19-33-12-3-6-23(27(33)36)30-42(38,39)16-11-22-8-9-25(29)41-22/h4,7-9,11,15-16,20-21,23,30H,2-3,5-6,10,12-14,17-19H2,1H3/b16-11+. The number of hydrogen-bond acceptors (Lipinski definition) is 8. The second kappa shape index (κ2) is 13.6. The van der Waals surface area contributed by atoms with Crippen LogP contribution in [0.25, 0.3) is 6.08 Å². The van der Waals surface area contributed by atoms with Crippen molar-refractivity contribution in [1.29, 1.82) is 0 Å². The lowest BCUT2D eigenvalue weighted by atomic mass is 10.1. The summed E-state index contributed by atoms with van der Waals surface area (Å²) >= 11 is 8.61. The van der Waals surface area contributed by atoms with E-state index in [9.17, 15) is 22.8 Å². The van der Waals surface area contributed by atoms with Crippen LogP contribution in [0.1, 0.15) is 46.7 Å². The van der Waals surface area contributed by atoms with Crippen molar-refractivity contribution in [2.75, 3.05) is 46.3 Å². The maximum Gasteiger partial charge on any atom is 0.263 e. The van der Waals surface area contributed by atoms with Crippen LogP contribution in [0.15, 0.2) is 35.1 Å². The van der Waals surface area contributed by atoms with Crippen LogP contribution in [0, 0.1) is 0 Å². The van der Waals surface area contributed by atoms with Crippen molar-refractivity contribution < 1.29 is 22.8 Å². The Balaban J connectivity index is 1.12. The zero-order valence-corrected chi connectivity index (χ0v) is 26.7. The molecule has 228 valence electrons. The van der Waals surface area contributed by atoms with Gasteiger partial charge in [0.15, 0.2) is 0 Å². The molecule has 3 atom stereocenters. The second-order valence-corrected chi connectivity index (χ2v) is 15.3. The lowest BCUT2D eigenvalue weighted by Gasteiger charge is -2.34. The van der Waals surface area contributed by atoms with E-state index in [2.05, 4.69) is 9.62 Å². The minimum atomic E-state index is -3.86. The molecule has 5 heterocycles. The molecule has 3 unspecified atom stereocenters. The van der Waals surface area contributed by atoms with Crippen molar-refractivity contribution in [3.63, 3.8) is 0 Å². The minimum absolute atomic E-state index is 0.0461. The molecule has 0 aliphatic carbocycles. The van der Waals surface area contributed by atoms with Gasteiger partial charge < -0.3 is 14.7 Å². The third-order valence-electron chi connectivity index (χ3n) is 8.18. The molecular formula is C28H36ClN5O5S3. The van der Waals surface area contributed by atoms with Gasteiger partial charge in [0.05, 0.1) is 15.8 Å². The number of carbonyl (C=O) groups excluding carboxylic acids is 3. The average Bonchev–Trinajstić information content (AvgIpc) is 3.77. The van der Waals surface area contributed by atoms with Crippen LogP contribution in [-0.4, -0.2) is 110 Å². The van der Waals surface area contributed by atoms with Gasteiger partial charge in [-0.3, -0.25) is 19.3 Å². The van der Waals surface area contributed by atoms with Crippen molar-refractivity contribution in [2.45, 2.75) is 50.2 Å². The molecule has 0 saturated carbocycles. The lowest BCUT2D eigenvalue weighted by molar-refractivity contribution is -0.143. The number of likely N-dealkylation sites (N-methyl/N-ethyl adjacent to an activating group) is 1. The monoisotopic (exact) mass is 653 g/mol. The SMILES string of the molecule is CN(C(=O)c1cccs1)C1CCN(CC2CCCN2C(=O)CN2CCCC(NS(=O)(=O)/C=C/c3ccc(Cl)s3)C2=O)C1. The second-order valence-electron chi connectivity index (χ2n) is 11.0. The Morgan fingerprint density at radius 3 is 2.69 bits per heavy atom. The summed E-state index contributed by atoms with van der Waals surface area (Å²) in [4.78, 5) is 48.3. The molecule has 10 nitrogen and oxygen atoms in total. The molecule has 3 saturated heterocycles. The van der Waals surface area contributed by atoms with Gasteiger partial charge in [-0.05, 0) is 61.8 Å². The Labute approximate surface area is 259 Å². The minimum Gasteiger partial charge on any atom is -0.337 e. The van der Waals surface area contributed by atoms with Gasteiger partial charge in [0.25, 0.3) is 5.91 Å². The third-order valence-corrected chi connectivity index (χ3v) is 11.3. The normalized spacial score (nSPS) is 23.8. The fraction of sp³-hybridized carbons (Fsp3) is 0.536. The third kappa shape index (κ3) is 7.61. The highest BCUT2D eigenvalue weighted by molar-refractivity contribution is 7.92. The van der Waals surface area contributed by atoms with Crippen LogP contribution in [0.2, 0.25) is 4.34 Å². The van der Waals surface area contributed by atoms with Crippen LogP contribution in [0.5, 0.6) is 0 Å². The van der Waals surface area contributed by atoms with Gasteiger partial charge >= 0.3 is 0 Å². The van der Waals surface area contributed by atoms with E-state index in [1.807, 2.05) is 34.4 Å². The number of carbonyl (C=O) groups is 3. The summed E-state index contributed by atoms with van der Waals surface area (Å²) in [6.45, 7) is 3.38. The summed E-state index contributed by atoms with van der Waals surface area (Å²) in [6.07, 6.45) is 5.13. The number of likely N-dealkylation sites (tertiary alicyclic amines) is 3. The Bertz CT molecular complexity index is 1410. The molecule has 5 rings (SSSR count). The number of rotatable bonds is 10. The number of halogens is 1. The van der Waals surface area contributed by atoms with E-state index in [4.69, 9.17) is 11.6 Å². The van der Waals surface area contributed by atoms with Crippen LogP contribution < -0.4 is 4.72 Å². The highest BCUT2D eigenvalue weighted by atomic mass is 35.5. The first-order valence-electron chi connectivity index (χ1n) is 14.2. The van der Waals surface area contributed by atoms with Gasteiger partial charge in [-0.1, -0.05) is 17.7 Å². The summed E-state index contributed by atoms with van der Waals surface area (Å²) in [5.74, 6) is -0.434. The zero-order valence-electron chi connectivity index (χ0n) is 23.5. The first-order chi connectivity index (χ1) is 20.1. The number of nitrogens with one attached hydrogen (secondary N) is 1. The molecular weight excluding hydrogens is 618 g/mol. The maximum absolute atomic E-state index is 13.4. The molecule has 14 heteroatoms. The number of hydrogen-bond donors (Lipinski definition) is 1. The first kappa shape index (κ1) is 31.1. The molecule has 0 radical (unpaired) electrons. The van der Waals surface area contributed by atoms with E-state index in [1.165, 1.54) is 33.6 Å². The van der Waals surface area contributed by atoms with E-state index in [0.29, 0.717) is 35.1 Å². The Kier molecular flexibility index (Phi) is 10.1. The summed E-state index contributed by atoms with van der Waals surface area (Å²) in [6, 6.07) is 6.43. The number of nitrogens with zero attached hydrogens (tertiary/aromatic N) is 4. The lowest BCUT2D eigenvalue weighted by Crippen LogP contribution is -2.55. The highest BCUT2D eigenvalue weighted by Crippen LogP contribution is 2.25. The average molecular weight is 654 g/mol. The summed E-state index contributed by atoms with van der Waals surface area (Å²) in [7, 11) is -2.00. The largest absolute Gasteiger partial charge is 0.337 e. The quantitative estimate of drug-likeness (QED) is 0.422. The Morgan fingerprint density at radius 2 is 1.95 bits per heavy atom. The number of thiophene rings is 2. The smallest absolute Gasteiger partial charge is 0.263 e. The van der Waals surface area contributed by atoms with Gasteiger partial charge in [0.1, 0.15) is 6.04 Å². The van der Waals surface area contributed by atoms with Gasteiger partial charge in [-0.2, -0.15) is 4.72 Å². The predicted molar refractivity (Wildman–Crippen MR) is 166 cm³/mol. The zero-order chi connectivity index (χ0) is 29.9. The summed E-state index contributed by atoms with van der Waals surface area (Å²) in [5.41, 5.74) is 0. The van der Waals surface area contributed by atoms with E-state index in [1.54, 1.807) is 12.1 Å². The van der Waals surface area contributed by atoms with Crippen LogP contribution in [-0.2, 0) is 19.6 Å². The highest BCUT2D eigenvalue weighted by Gasteiger charge is 2.37. The van der Waals surface area contributed by atoms with Gasteiger partial charge in [0.2, 0.25) is 21.8 Å². The molecule has 42 heavy (non-hydrogen) atoms. The topological polar surface area (TPSA) is 110 Å². The molecule has 2 aromatic heterocycles. The molecule has 0 aromatic carbocycles. The number of amides is 3. The molecule has 1 N–H and O–H groups in total. The fourth-order valence-electron chi connectivity index (χ4n) is 5.96. The molecule has 0 bridgehead atoms. The van der Waals surface area contributed by atoms with Crippen LogP contribution >= 0.6 is 34.3 Å². The van der Waals surface area contributed by atoms with Crippen LogP contribution in [0.3, 0.4) is 0 Å². The molecule has 3 fully saturated rings. The van der Waals surface area contributed by atoms with Crippen molar-refractivity contribution in [1.82, 2.24) is 24.3 Å². The van der Waals surface area contributed by atoms with E-state index in [0.717, 1.165) is 49.2 Å². The molecule has 2 aromatic rings. The Hall–Kier alpha value is -2.29. The van der Waals surface area contributed by atoms with Gasteiger partial charge in [0, 0.05) is 62.1 Å². The van der Waals surface area contributed by atoms with E-state index >= 15 is 0 Å².